The molecule has 1 unspecified atom stereocenters. The summed E-state index contributed by atoms with van der Waals surface area (Å²) >= 11 is 0. The lowest BCUT2D eigenvalue weighted by molar-refractivity contribution is -0.119. The van der Waals surface area contributed by atoms with E-state index in [4.69, 9.17) is 5.73 Å². The quantitative estimate of drug-likeness (QED) is 0.618. The van der Waals surface area contributed by atoms with Crippen LogP contribution in [0.4, 0.5) is 5.82 Å². The molecule has 4 N–H and O–H groups in total. The molecule has 1 aliphatic rings. The number of nitrogen functional groups attached to an aromatic ring is 1. The Balaban J connectivity index is 2.28. The Morgan fingerprint density at radius 2 is 2.22 bits per heavy atom. The van der Waals surface area contributed by atoms with E-state index in [-0.39, 0.29) is 29.6 Å². The van der Waals surface area contributed by atoms with Crippen LogP contribution in [0.1, 0.15) is 12.1 Å². The highest BCUT2D eigenvalue weighted by atomic mass is 32.2. The summed E-state index contributed by atoms with van der Waals surface area (Å²) in [7, 11) is -2.14. The van der Waals surface area contributed by atoms with Crippen molar-refractivity contribution in [3.05, 3.63) is 5.69 Å². The van der Waals surface area contributed by atoms with Crippen molar-refractivity contribution in [1.29, 1.82) is 0 Å². The topological polar surface area (TPSA) is 119 Å². The van der Waals surface area contributed by atoms with E-state index < -0.39 is 16.1 Å². The number of hydrogen-bond acceptors (Lipinski definition) is 5. The largest absolute Gasteiger partial charge is 0.381 e. The van der Waals surface area contributed by atoms with E-state index in [9.17, 15) is 13.2 Å². The minimum atomic E-state index is -3.76. The lowest BCUT2D eigenvalue weighted by Gasteiger charge is -2.11. The van der Waals surface area contributed by atoms with Crippen molar-refractivity contribution in [3.8, 4) is 0 Å². The molecular formula is C9H15N5O3S. The molecule has 0 aromatic carbocycles. The van der Waals surface area contributed by atoms with Gasteiger partial charge in [-0.3, -0.25) is 9.48 Å². The van der Waals surface area contributed by atoms with Gasteiger partial charge in [0.2, 0.25) is 15.9 Å². The number of nitrogens with zero attached hydrogens (tertiary/aromatic N) is 2. The number of aryl methyl sites for hydroxylation is 1. The maximum atomic E-state index is 12.2. The van der Waals surface area contributed by atoms with E-state index in [1.54, 1.807) is 14.0 Å². The van der Waals surface area contributed by atoms with E-state index in [1.807, 2.05) is 0 Å². The highest BCUT2D eigenvalue weighted by Crippen LogP contribution is 2.21. The molecule has 0 aliphatic carbocycles. The number of carbonyl (C=O) groups excluding carboxylic acids is 1. The smallest absolute Gasteiger partial charge is 0.246 e. The maximum absolute atomic E-state index is 12.2. The van der Waals surface area contributed by atoms with Crippen molar-refractivity contribution in [2.45, 2.75) is 24.3 Å². The van der Waals surface area contributed by atoms with Crippen LogP contribution in [0.3, 0.4) is 0 Å². The summed E-state index contributed by atoms with van der Waals surface area (Å²) < 4.78 is 28.2. The van der Waals surface area contributed by atoms with E-state index in [2.05, 4.69) is 15.1 Å². The van der Waals surface area contributed by atoms with Gasteiger partial charge in [0.1, 0.15) is 4.90 Å². The fraction of sp³-hybridized carbons (Fsp3) is 0.556. The number of hydrogen-bond donors (Lipinski definition) is 3. The summed E-state index contributed by atoms with van der Waals surface area (Å²) in [6.45, 7) is 1.91. The standard InChI is InChI=1S/C9H15N5O3S/c1-5-8(9(10)12-14(5)2)18(16,17)13-6-3-7(15)11-4-6/h6,13H,3-4H2,1-2H3,(H2,10,12)(H,11,15). The lowest BCUT2D eigenvalue weighted by Crippen LogP contribution is -2.36. The van der Waals surface area contributed by atoms with E-state index in [0.717, 1.165) is 0 Å². The fourth-order valence-electron chi connectivity index (χ4n) is 1.91. The molecule has 1 amide bonds. The highest BCUT2D eigenvalue weighted by molar-refractivity contribution is 7.89. The molecule has 1 fully saturated rings. The summed E-state index contributed by atoms with van der Waals surface area (Å²) in [6, 6.07) is -0.443. The van der Waals surface area contributed by atoms with Crippen LogP contribution in [0, 0.1) is 6.92 Å². The molecule has 0 bridgehead atoms. The molecule has 1 saturated heterocycles. The molecule has 0 spiro atoms. The van der Waals surface area contributed by atoms with Gasteiger partial charge in [0.05, 0.1) is 5.69 Å². The molecule has 9 heteroatoms. The van der Waals surface area contributed by atoms with Crippen LogP contribution in [-0.4, -0.2) is 36.7 Å². The Hall–Kier alpha value is -1.61. The van der Waals surface area contributed by atoms with Crippen molar-refractivity contribution in [3.63, 3.8) is 0 Å². The summed E-state index contributed by atoms with van der Waals surface area (Å²) in [5.41, 5.74) is 6.05. The Bertz CT molecular complexity index is 592. The summed E-state index contributed by atoms with van der Waals surface area (Å²) in [4.78, 5) is 11.0. The number of carbonyl (C=O) groups is 1. The first kappa shape index (κ1) is 12.8. The Kier molecular flexibility index (Phi) is 3.03. The molecule has 1 atom stereocenters. The second-order valence-corrected chi connectivity index (χ2v) is 5.90. The zero-order valence-corrected chi connectivity index (χ0v) is 10.9. The number of anilines is 1. The molecule has 2 heterocycles. The third-order valence-corrected chi connectivity index (χ3v) is 4.56. The predicted molar refractivity (Wildman–Crippen MR) is 64.1 cm³/mol. The summed E-state index contributed by atoms with van der Waals surface area (Å²) in [5, 5.41) is 6.42. The van der Waals surface area contributed by atoms with Crippen LogP contribution in [0.2, 0.25) is 0 Å². The van der Waals surface area contributed by atoms with E-state index in [0.29, 0.717) is 5.69 Å². The number of rotatable bonds is 3. The first-order valence-corrected chi connectivity index (χ1v) is 6.87. The Morgan fingerprint density at radius 1 is 1.56 bits per heavy atom. The van der Waals surface area contributed by atoms with Crippen LogP contribution in [0.25, 0.3) is 0 Å². The first-order valence-electron chi connectivity index (χ1n) is 5.39. The molecule has 18 heavy (non-hydrogen) atoms. The number of nitrogens with one attached hydrogen (secondary N) is 2. The molecule has 1 aromatic rings. The molecule has 8 nitrogen and oxygen atoms in total. The molecule has 0 radical (unpaired) electrons. The molecule has 1 aromatic heterocycles. The van der Waals surface area contributed by atoms with Gasteiger partial charge in [0.15, 0.2) is 5.82 Å². The van der Waals surface area contributed by atoms with Crippen molar-refractivity contribution < 1.29 is 13.2 Å². The van der Waals surface area contributed by atoms with E-state index in [1.165, 1.54) is 4.68 Å². The van der Waals surface area contributed by atoms with Gasteiger partial charge in [-0.25, -0.2) is 13.1 Å². The highest BCUT2D eigenvalue weighted by Gasteiger charge is 2.30. The zero-order chi connectivity index (χ0) is 13.5. The van der Waals surface area contributed by atoms with Gasteiger partial charge in [-0.05, 0) is 6.92 Å². The minimum absolute atomic E-state index is 0.0238. The summed E-state index contributed by atoms with van der Waals surface area (Å²) in [6.07, 6.45) is 0.137. The lowest BCUT2D eigenvalue weighted by atomic mass is 10.3. The van der Waals surface area contributed by atoms with Gasteiger partial charge in [-0.2, -0.15) is 5.10 Å². The van der Waals surface area contributed by atoms with Crippen molar-refractivity contribution >= 4 is 21.7 Å². The van der Waals surface area contributed by atoms with Gasteiger partial charge >= 0.3 is 0 Å². The van der Waals surface area contributed by atoms with Gasteiger partial charge in [-0.15, -0.1) is 0 Å². The summed E-state index contributed by atoms with van der Waals surface area (Å²) in [5.74, 6) is -0.210. The second-order valence-electron chi connectivity index (χ2n) is 4.25. The maximum Gasteiger partial charge on any atom is 0.246 e. The monoisotopic (exact) mass is 273 g/mol. The number of nitrogens with two attached hydrogens (primary N) is 1. The molecule has 100 valence electrons. The van der Waals surface area contributed by atoms with Crippen LogP contribution in [0.5, 0.6) is 0 Å². The number of sulfonamides is 1. The zero-order valence-electron chi connectivity index (χ0n) is 10.1. The van der Waals surface area contributed by atoms with Gasteiger partial charge < -0.3 is 11.1 Å². The van der Waals surface area contributed by atoms with Crippen LogP contribution < -0.4 is 15.8 Å². The molecular weight excluding hydrogens is 258 g/mol. The van der Waals surface area contributed by atoms with E-state index >= 15 is 0 Å². The SMILES string of the molecule is Cc1c(S(=O)(=O)NC2CNC(=O)C2)c(N)nn1C. The normalized spacial score (nSPS) is 20.1. The minimum Gasteiger partial charge on any atom is -0.381 e. The van der Waals surface area contributed by atoms with Crippen LogP contribution in [-0.2, 0) is 21.9 Å². The Morgan fingerprint density at radius 3 is 2.67 bits per heavy atom. The number of amides is 1. The third-order valence-electron chi connectivity index (χ3n) is 2.87. The predicted octanol–water partition coefficient (Wildman–Crippen LogP) is -1.52. The average molecular weight is 273 g/mol. The first-order chi connectivity index (χ1) is 8.31. The second kappa shape index (κ2) is 4.25. The fourth-order valence-corrected chi connectivity index (χ4v) is 3.47. The third kappa shape index (κ3) is 2.18. The van der Waals surface area contributed by atoms with Gasteiger partial charge in [0.25, 0.3) is 0 Å². The number of aromatic nitrogens is 2. The Labute approximate surface area is 105 Å². The molecule has 1 aliphatic heterocycles. The van der Waals surface area contributed by atoms with Gasteiger partial charge in [0, 0.05) is 26.1 Å². The van der Waals surface area contributed by atoms with Crippen LogP contribution >= 0.6 is 0 Å². The van der Waals surface area contributed by atoms with Crippen molar-refractivity contribution in [2.75, 3.05) is 12.3 Å². The molecule has 2 rings (SSSR count). The van der Waals surface area contributed by atoms with Crippen molar-refractivity contribution in [1.82, 2.24) is 19.8 Å². The molecule has 0 saturated carbocycles. The average Bonchev–Trinajstić information content (AvgIpc) is 2.72. The van der Waals surface area contributed by atoms with Gasteiger partial charge in [-0.1, -0.05) is 0 Å². The van der Waals surface area contributed by atoms with Crippen LogP contribution in [0.15, 0.2) is 4.90 Å². The van der Waals surface area contributed by atoms with Crippen molar-refractivity contribution in [2.24, 2.45) is 7.05 Å².